The van der Waals surface area contributed by atoms with Crippen molar-refractivity contribution in [3.63, 3.8) is 0 Å². The van der Waals surface area contributed by atoms with Gasteiger partial charge in [-0.05, 0) is 32.9 Å². The molecular weight excluding hydrogens is 484 g/mol. The molecule has 0 spiro atoms. The number of carbonyl (C=O) groups is 1. The van der Waals surface area contributed by atoms with Crippen molar-refractivity contribution < 1.29 is 36.3 Å². The highest BCUT2D eigenvalue weighted by atomic mass is 32.2. The van der Waals surface area contributed by atoms with Crippen molar-refractivity contribution in [1.82, 2.24) is 9.55 Å². The fourth-order valence-electron chi connectivity index (χ4n) is 3.95. The van der Waals surface area contributed by atoms with Crippen molar-refractivity contribution >= 4 is 16.1 Å². The van der Waals surface area contributed by atoms with Gasteiger partial charge in [-0.1, -0.05) is 17.7 Å². The van der Waals surface area contributed by atoms with E-state index >= 15 is 0 Å². The van der Waals surface area contributed by atoms with E-state index in [0.29, 0.717) is 0 Å². The number of nitrogens with zero attached hydrogens (tertiary/aromatic N) is 1. The van der Waals surface area contributed by atoms with Crippen LogP contribution in [0.3, 0.4) is 0 Å². The van der Waals surface area contributed by atoms with E-state index in [-0.39, 0.29) is 17.1 Å². The van der Waals surface area contributed by atoms with Gasteiger partial charge in [0.25, 0.3) is 15.7 Å². The average molecular weight is 511 g/mol. The number of ether oxygens (including phenoxy) is 4. The van der Waals surface area contributed by atoms with E-state index in [2.05, 4.69) is 4.98 Å². The summed E-state index contributed by atoms with van der Waals surface area (Å²) in [5.41, 5.74) is -0.589. The van der Waals surface area contributed by atoms with Crippen LogP contribution >= 0.6 is 0 Å². The molecule has 4 rings (SSSR count). The zero-order valence-electron chi connectivity index (χ0n) is 19.5. The molecule has 0 bridgehead atoms. The summed E-state index contributed by atoms with van der Waals surface area (Å²) in [5, 5.41) is 0. The molecule has 12 nitrogen and oxygen atoms in total. The quantitative estimate of drug-likeness (QED) is 0.417. The van der Waals surface area contributed by atoms with Crippen LogP contribution < -0.4 is 11.2 Å². The number of nitrogens with one attached hydrogen (secondary N) is 1. The van der Waals surface area contributed by atoms with Crippen molar-refractivity contribution in [2.24, 2.45) is 0 Å². The van der Waals surface area contributed by atoms with Crippen LogP contribution in [-0.2, 0) is 44.7 Å². The molecule has 35 heavy (non-hydrogen) atoms. The molecule has 1 aromatic carbocycles. The maximum atomic E-state index is 12.6. The normalized spacial score (nSPS) is 25.4. The highest BCUT2D eigenvalue weighted by molar-refractivity contribution is 7.86. The molecule has 13 heteroatoms. The van der Waals surface area contributed by atoms with Crippen LogP contribution in [0.5, 0.6) is 0 Å². The Hall–Kier alpha value is -2.84. The van der Waals surface area contributed by atoms with Gasteiger partial charge in [0.05, 0.1) is 17.1 Å². The Labute approximate surface area is 200 Å². The maximum Gasteiger partial charge on any atom is 0.330 e. The van der Waals surface area contributed by atoms with E-state index < -0.39 is 64.3 Å². The van der Waals surface area contributed by atoms with Crippen molar-refractivity contribution in [2.45, 2.75) is 69.5 Å². The van der Waals surface area contributed by atoms with Crippen molar-refractivity contribution in [3.05, 3.63) is 62.4 Å². The molecule has 1 aromatic heterocycles. The first-order chi connectivity index (χ1) is 16.4. The Balaban J connectivity index is 1.59. The highest BCUT2D eigenvalue weighted by Gasteiger charge is 2.56. The van der Waals surface area contributed by atoms with Gasteiger partial charge >= 0.3 is 11.7 Å². The van der Waals surface area contributed by atoms with Gasteiger partial charge in [0.15, 0.2) is 12.0 Å². The minimum Gasteiger partial charge on any atom is -0.461 e. The standard InChI is InChI=1S/C22H26N2O10S/c1-12-5-7-15(8-6-12)35(28,29)31-11-16-17-18(34-22(3,4)33-17)20(32-16)24-9-14(10-30-13(2)25)19(26)23-21(24)27/h5-9,16-18,20H,10-11H2,1-4H3,(H,23,26,27)/t16-,17-,18-,20-/m1/s1. The van der Waals surface area contributed by atoms with Crippen LogP contribution in [0, 0.1) is 6.92 Å². The first kappa shape index (κ1) is 25.3. The molecule has 2 fully saturated rings. The van der Waals surface area contributed by atoms with E-state index in [1.807, 2.05) is 6.92 Å². The summed E-state index contributed by atoms with van der Waals surface area (Å²) in [5.74, 6) is -1.64. The van der Waals surface area contributed by atoms with E-state index in [1.165, 1.54) is 25.3 Å². The van der Waals surface area contributed by atoms with E-state index in [4.69, 9.17) is 23.1 Å². The number of hydrogen-bond acceptors (Lipinski definition) is 10. The topological polar surface area (TPSA) is 152 Å². The third-order valence-electron chi connectivity index (χ3n) is 5.57. The first-order valence-electron chi connectivity index (χ1n) is 10.8. The minimum absolute atomic E-state index is 0.00918. The summed E-state index contributed by atoms with van der Waals surface area (Å²) in [6.45, 7) is 5.62. The summed E-state index contributed by atoms with van der Waals surface area (Å²) in [4.78, 5) is 38.0. The van der Waals surface area contributed by atoms with Crippen LogP contribution in [0.1, 0.15) is 38.1 Å². The molecule has 190 valence electrons. The number of aromatic amines is 1. The minimum atomic E-state index is -4.08. The predicted octanol–water partition coefficient (Wildman–Crippen LogP) is 0.731. The van der Waals surface area contributed by atoms with Crippen molar-refractivity contribution in [2.75, 3.05) is 6.61 Å². The summed E-state index contributed by atoms with van der Waals surface area (Å²) < 4.78 is 54.3. The molecule has 0 aliphatic carbocycles. The number of esters is 1. The highest BCUT2D eigenvalue weighted by Crippen LogP contribution is 2.42. The number of benzene rings is 1. The largest absolute Gasteiger partial charge is 0.461 e. The fourth-order valence-corrected chi connectivity index (χ4v) is 4.86. The van der Waals surface area contributed by atoms with Crippen LogP contribution in [0.15, 0.2) is 44.9 Å². The number of hydrogen-bond donors (Lipinski definition) is 1. The van der Waals surface area contributed by atoms with Crippen LogP contribution in [-0.4, -0.2) is 54.6 Å². The van der Waals surface area contributed by atoms with Crippen LogP contribution in [0.2, 0.25) is 0 Å². The van der Waals surface area contributed by atoms with Crippen molar-refractivity contribution in [1.29, 1.82) is 0 Å². The third-order valence-corrected chi connectivity index (χ3v) is 6.86. The molecule has 2 aliphatic heterocycles. The number of aromatic nitrogens is 2. The zero-order valence-corrected chi connectivity index (χ0v) is 20.4. The smallest absolute Gasteiger partial charge is 0.330 e. The Bertz CT molecular complexity index is 1330. The maximum absolute atomic E-state index is 12.6. The lowest BCUT2D eigenvalue weighted by Gasteiger charge is -2.25. The van der Waals surface area contributed by atoms with Gasteiger partial charge in [-0.25, -0.2) is 4.79 Å². The molecule has 1 N–H and O–H groups in total. The van der Waals surface area contributed by atoms with E-state index in [1.54, 1.807) is 26.0 Å². The van der Waals surface area contributed by atoms with Crippen LogP contribution in [0.4, 0.5) is 0 Å². The molecule has 2 saturated heterocycles. The molecular formula is C22H26N2O10S. The number of rotatable bonds is 7. The average Bonchev–Trinajstić information content (AvgIpc) is 3.25. The predicted molar refractivity (Wildman–Crippen MR) is 119 cm³/mol. The monoisotopic (exact) mass is 510 g/mol. The molecule has 0 amide bonds. The van der Waals surface area contributed by atoms with Gasteiger partial charge in [0.1, 0.15) is 24.9 Å². The Morgan fingerprint density at radius 2 is 1.80 bits per heavy atom. The first-order valence-corrected chi connectivity index (χ1v) is 12.2. The number of H-pyrrole nitrogens is 1. The summed E-state index contributed by atoms with van der Waals surface area (Å²) in [6, 6.07) is 6.19. The Morgan fingerprint density at radius 1 is 1.14 bits per heavy atom. The van der Waals surface area contributed by atoms with Gasteiger partial charge in [-0.15, -0.1) is 0 Å². The van der Waals surface area contributed by atoms with E-state index in [9.17, 15) is 22.8 Å². The lowest BCUT2D eigenvalue weighted by atomic mass is 10.1. The van der Waals surface area contributed by atoms with Gasteiger partial charge in [-0.3, -0.25) is 23.3 Å². The van der Waals surface area contributed by atoms with Gasteiger partial charge in [0, 0.05) is 13.1 Å². The van der Waals surface area contributed by atoms with Gasteiger partial charge in [-0.2, -0.15) is 8.42 Å². The fraction of sp³-hybridized carbons (Fsp3) is 0.500. The van der Waals surface area contributed by atoms with Gasteiger partial charge in [0.2, 0.25) is 0 Å². The molecule has 0 saturated carbocycles. The lowest BCUT2D eigenvalue weighted by Crippen LogP contribution is -2.38. The van der Waals surface area contributed by atoms with E-state index in [0.717, 1.165) is 10.1 Å². The van der Waals surface area contributed by atoms with Crippen LogP contribution in [0.25, 0.3) is 0 Å². The number of carbonyl (C=O) groups excluding carboxylic acids is 1. The second kappa shape index (κ2) is 9.32. The molecule has 4 atom stereocenters. The zero-order chi connectivity index (χ0) is 25.5. The molecule has 3 heterocycles. The summed E-state index contributed by atoms with van der Waals surface area (Å²) >= 11 is 0. The van der Waals surface area contributed by atoms with Crippen molar-refractivity contribution in [3.8, 4) is 0 Å². The molecule has 2 aliphatic rings. The molecule has 0 unspecified atom stereocenters. The lowest BCUT2D eigenvalue weighted by molar-refractivity contribution is -0.199. The SMILES string of the molecule is CC(=O)OCc1cn([C@@H]2O[C@H](COS(=O)(=O)c3ccc(C)cc3)[C@H]3OC(C)(C)O[C@H]32)c(=O)[nH]c1=O. The molecule has 0 radical (unpaired) electrons. The second-order valence-corrected chi connectivity index (χ2v) is 10.4. The molecule has 2 aromatic rings. The van der Waals surface area contributed by atoms with Gasteiger partial charge < -0.3 is 18.9 Å². The number of aryl methyl sites for hydroxylation is 1. The Kier molecular flexibility index (Phi) is 6.72. The third kappa shape index (κ3) is 5.38. The summed E-state index contributed by atoms with van der Waals surface area (Å²) in [7, 11) is -4.08. The Morgan fingerprint density at radius 3 is 2.46 bits per heavy atom. The number of fused-ring (bicyclic) bond motifs is 1. The second-order valence-electron chi connectivity index (χ2n) is 8.78. The summed E-state index contributed by atoms with van der Waals surface area (Å²) in [6.07, 6.45) is -2.35.